The van der Waals surface area contributed by atoms with Crippen LogP contribution >= 0.6 is 0 Å². The topological polar surface area (TPSA) is 61.8 Å². The number of imidazole rings is 1. The van der Waals surface area contributed by atoms with Crippen LogP contribution in [0.25, 0.3) is 23.3 Å². The Morgan fingerprint density at radius 1 is 1.04 bits per heavy atom. The van der Waals surface area contributed by atoms with Gasteiger partial charge in [0.05, 0.1) is 0 Å². The van der Waals surface area contributed by atoms with E-state index in [-0.39, 0.29) is 11.2 Å². The van der Waals surface area contributed by atoms with Crippen molar-refractivity contribution in [2.24, 2.45) is 7.05 Å². The average Bonchev–Trinajstić information content (AvgIpc) is 2.93. The van der Waals surface area contributed by atoms with E-state index < -0.39 is 0 Å². The second kappa shape index (κ2) is 6.78. The molecule has 0 unspecified atom stereocenters. The number of aromatic nitrogens is 4. The fraction of sp³-hybridized carbons (Fsp3) is 0.350. The molecule has 26 heavy (non-hydrogen) atoms. The zero-order chi connectivity index (χ0) is 19.0. The lowest BCUT2D eigenvalue weighted by Crippen LogP contribution is -2.39. The monoisotopic (exact) mass is 352 g/mol. The van der Waals surface area contributed by atoms with Crippen LogP contribution in [-0.2, 0) is 20.1 Å². The van der Waals surface area contributed by atoms with Crippen LogP contribution in [0.1, 0.15) is 36.4 Å². The van der Waals surface area contributed by atoms with Crippen LogP contribution in [0.3, 0.4) is 0 Å². The maximum Gasteiger partial charge on any atom is 0.332 e. The first-order chi connectivity index (χ1) is 12.4. The summed E-state index contributed by atoms with van der Waals surface area (Å²) in [6.07, 6.45) is 3.89. The lowest BCUT2D eigenvalue weighted by Gasteiger charge is -2.08. The standard InChI is InChI=1S/C20H24N4O2/c1-6-23-18-17(19(25)24(7-2)20(23)26)22(5)16(21-18)11-10-15-12-13(3)8-9-14(15)4/h8-12H,6-7H2,1-5H3/b11-10+. The molecule has 0 aliphatic heterocycles. The molecule has 0 saturated heterocycles. The molecule has 0 radical (unpaired) electrons. The maximum absolute atomic E-state index is 12.7. The minimum absolute atomic E-state index is 0.293. The zero-order valence-corrected chi connectivity index (χ0v) is 15.9. The highest BCUT2D eigenvalue weighted by Gasteiger charge is 2.17. The molecule has 0 fully saturated rings. The Morgan fingerprint density at radius 2 is 1.73 bits per heavy atom. The minimum Gasteiger partial charge on any atom is -0.322 e. The lowest BCUT2D eigenvalue weighted by atomic mass is 10.1. The molecule has 0 bridgehead atoms. The molecule has 2 heterocycles. The summed E-state index contributed by atoms with van der Waals surface area (Å²) < 4.78 is 4.57. The molecular formula is C20H24N4O2. The highest BCUT2D eigenvalue weighted by Crippen LogP contribution is 2.16. The molecule has 6 heteroatoms. The lowest BCUT2D eigenvalue weighted by molar-refractivity contribution is 0.604. The first-order valence-electron chi connectivity index (χ1n) is 8.84. The molecule has 0 saturated carbocycles. The Balaban J connectivity index is 2.23. The van der Waals surface area contributed by atoms with Crippen LogP contribution in [0.5, 0.6) is 0 Å². The third-order valence-corrected chi connectivity index (χ3v) is 4.76. The predicted octanol–water partition coefficient (Wildman–Crippen LogP) is 2.72. The molecule has 0 aliphatic rings. The van der Waals surface area contributed by atoms with Crippen molar-refractivity contribution < 1.29 is 0 Å². The average molecular weight is 352 g/mol. The fourth-order valence-corrected chi connectivity index (χ4v) is 3.20. The van der Waals surface area contributed by atoms with Gasteiger partial charge in [0, 0.05) is 20.1 Å². The summed E-state index contributed by atoms with van der Waals surface area (Å²) in [4.78, 5) is 29.8. The molecule has 0 atom stereocenters. The van der Waals surface area contributed by atoms with Gasteiger partial charge in [0.25, 0.3) is 5.56 Å². The molecule has 0 amide bonds. The third kappa shape index (κ3) is 2.81. The molecule has 3 aromatic rings. The second-order valence-corrected chi connectivity index (χ2v) is 6.47. The summed E-state index contributed by atoms with van der Waals surface area (Å²) in [5.74, 6) is 0.647. The van der Waals surface area contributed by atoms with E-state index >= 15 is 0 Å². The van der Waals surface area contributed by atoms with Crippen LogP contribution < -0.4 is 11.2 Å². The first kappa shape index (κ1) is 17.9. The molecule has 0 spiro atoms. The van der Waals surface area contributed by atoms with Crippen molar-refractivity contribution >= 4 is 23.3 Å². The van der Waals surface area contributed by atoms with E-state index in [2.05, 4.69) is 37.0 Å². The number of hydrogen-bond acceptors (Lipinski definition) is 3. The number of rotatable bonds is 4. The van der Waals surface area contributed by atoms with Crippen molar-refractivity contribution in [1.29, 1.82) is 0 Å². The minimum atomic E-state index is -0.310. The third-order valence-electron chi connectivity index (χ3n) is 4.76. The second-order valence-electron chi connectivity index (χ2n) is 6.47. The number of nitrogens with zero attached hydrogens (tertiary/aromatic N) is 4. The van der Waals surface area contributed by atoms with E-state index in [0.717, 1.165) is 5.56 Å². The van der Waals surface area contributed by atoms with E-state index in [0.29, 0.717) is 30.1 Å². The van der Waals surface area contributed by atoms with Crippen molar-refractivity contribution in [3.63, 3.8) is 0 Å². The number of hydrogen-bond donors (Lipinski definition) is 0. The summed E-state index contributed by atoms with van der Waals surface area (Å²) in [6, 6.07) is 6.27. The van der Waals surface area contributed by atoms with Gasteiger partial charge in [0.15, 0.2) is 11.2 Å². The van der Waals surface area contributed by atoms with Crippen LogP contribution in [-0.4, -0.2) is 18.7 Å². The molecular weight excluding hydrogens is 328 g/mol. The largest absolute Gasteiger partial charge is 0.332 e. The van der Waals surface area contributed by atoms with Crippen LogP contribution in [0.4, 0.5) is 0 Å². The van der Waals surface area contributed by atoms with E-state index in [1.54, 1.807) is 16.1 Å². The van der Waals surface area contributed by atoms with Gasteiger partial charge in [-0.05, 0) is 44.9 Å². The van der Waals surface area contributed by atoms with Crippen molar-refractivity contribution in [3.05, 3.63) is 61.6 Å². The number of fused-ring (bicyclic) bond motifs is 1. The van der Waals surface area contributed by atoms with Gasteiger partial charge in [-0.2, -0.15) is 0 Å². The molecule has 0 N–H and O–H groups in total. The Bertz CT molecular complexity index is 1130. The van der Waals surface area contributed by atoms with E-state index in [1.165, 1.54) is 15.7 Å². The Hall–Kier alpha value is -2.89. The number of benzene rings is 1. The molecule has 0 aliphatic carbocycles. The van der Waals surface area contributed by atoms with Gasteiger partial charge in [-0.1, -0.05) is 29.8 Å². The summed E-state index contributed by atoms with van der Waals surface area (Å²) in [6.45, 7) is 8.60. The highest BCUT2D eigenvalue weighted by molar-refractivity contribution is 5.77. The quantitative estimate of drug-likeness (QED) is 0.725. The van der Waals surface area contributed by atoms with Crippen LogP contribution in [0.2, 0.25) is 0 Å². The van der Waals surface area contributed by atoms with Gasteiger partial charge in [-0.25, -0.2) is 9.78 Å². The summed E-state index contributed by atoms with van der Waals surface area (Å²) in [7, 11) is 1.81. The SMILES string of the molecule is CCn1c(=O)c2c(nc(/C=C/c3cc(C)ccc3C)n2C)n(CC)c1=O. The highest BCUT2D eigenvalue weighted by atomic mass is 16.2. The molecule has 2 aromatic heterocycles. The number of aryl methyl sites for hydroxylation is 4. The van der Waals surface area contributed by atoms with Crippen molar-refractivity contribution in [2.75, 3.05) is 0 Å². The summed E-state index contributed by atoms with van der Waals surface area (Å²) >= 11 is 0. The first-order valence-corrected chi connectivity index (χ1v) is 8.84. The van der Waals surface area contributed by atoms with Gasteiger partial charge in [0.1, 0.15) is 5.82 Å². The van der Waals surface area contributed by atoms with E-state index in [9.17, 15) is 9.59 Å². The summed E-state index contributed by atoms with van der Waals surface area (Å²) in [5.41, 5.74) is 3.75. The van der Waals surface area contributed by atoms with Crippen molar-refractivity contribution in [1.82, 2.24) is 18.7 Å². The van der Waals surface area contributed by atoms with Crippen molar-refractivity contribution in [2.45, 2.75) is 40.8 Å². The van der Waals surface area contributed by atoms with Crippen LogP contribution in [0.15, 0.2) is 27.8 Å². The van der Waals surface area contributed by atoms with Gasteiger partial charge in [0.2, 0.25) is 0 Å². The molecule has 136 valence electrons. The predicted molar refractivity (Wildman–Crippen MR) is 105 cm³/mol. The van der Waals surface area contributed by atoms with E-state index in [4.69, 9.17) is 0 Å². The van der Waals surface area contributed by atoms with E-state index in [1.807, 2.05) is 26.1 Å². The Kier molecular flexibility index (Phi) is 4.68. The zero-order valence-electron chi connectivity index (χ0n) is 15.9. The maximum atomic E-state index is 12.7. The van der Waals surface area contributed by atoms with Gasteiger partial charge < -0.3 is 4.57 Å². The molecule has 3 rings (SSSR count). The van der Waals surface area contributed by atoms with Gasteiger partial charge >= 0.3 is 5.69 Å². The normalized spacial score (nSPS) is 11.7. The smallest absolute Gasteiger partial charge is 0.322 e. The molecule has 6 nitrogen and oxygen atoms in total. The van der Waals surface area contributed by atoms with Gasteiger partial charge in [-0.15, -0.1) is 0 Å². The van der Waals surface area contributed by atoms with Crippen molar-refractivity contribution in [3.8, 4) is 0 Å². The fourth-order valence-electron chi connectivity index (χ4n) is 3.20. The Labute approximate surface area is 152 Å². The van der Waals surface area contributed by atoms with Crippen LogP contribution in [0, 0.1) is 13.8 Å². The Morgan fingerprint density at radius 3 is 2.38 bits per heavy atom. The molecule has 1 aromatic carbocycles. The summed E-state index contributed by atoms with van der Waals surface area (Å²) in [5, 5.41) is 0. The van der Waals surface area contributed by atoms with Gasteiger partial charge in [-0.3, -0.25) is 13.9 Å².